The molecule has 3 rings (SSSR count). The molecular formula is C26H36NO+. The molecule has 2 aromatic carbocycles. The molecule has 1 heterocycles. The van der Waals surface area contributed by atoms with E-state index in [-0.39, 0.29) is 0 Å². The van der Waals surface area contributed by atoms with E-state index in [2.05, 4.69) is 62.4 Å². The molecular weight excluding hydrogens is 342 g/mol. The zero-order valence-corrected chi connectivity index (χ0v) is 17.8. The lowest BCUT2D eigenvalue weighted by molar-refractivity contribution is -0.932. The van der Waals surface area contributed by atoms with Crippen molar-refractivity contribution in [3.8, 4) is 0 Å². The number of benzene rings is 2. The second-order valence-corrected chi connectivity index (χ2v) is 8.73. The highest BCUT2D eigenvalue weighted by molar-refractivity contribution is 5.82. The third kappa shape index (κ3) is 5.78. The molecule has 0 amide bonds. The predicted molar refractivity (Wildman–Crippen MR) is 117 cm³/mol. The van der Waals surface area contributed by atoms with Crippen LogP contribution in [-0.4, -0.2) is 29.9 Å². The van der Waals surface area contributed by atoms with Gasteiger partial charge in [0.2, 0.25) is 0 Å². The largest absolute Gasteiger partial charge is 0.314 e. The zero-order valence-electron chi connectivity index (χ0n) is 17.8. The summed E-state index contributed by atoms with van der Waals surface area (Å²) in [6, 6.07) is 17.4. The molecule has 0 aromatic heterocycles. The second kappa shape index (κ2) is 10.0. The predicted octanol–water partition coefficient (Wildman–Crippen LogP) is 5.65. The summed E-state index contributed by atoms with van der Waals surface area (Å²) < 4.78 is 0.941. The Kier molecular flexibility index (Phi) is 7.44. The summed E-state index contributed by atoms with van der Waals surface area (Å²) in [6.07, 6.45) is 7.92. The van der Waals surface area contributed by atoms with Gasteiger partial charge in [-0.2, -0.15) is 0 Å². The summed E-state index contributed by atoms with van der Waals surface area (Å²) in [5.74, 6) is 0.398. The Morgan fingerprint density at radius 1 is 0.929 bits per heavy atom. The highest BCUT2D eigenvalue weighted by Crippen LogP contribution is 2.23. The van der Waals surface area contributed by atoms with Gasteiger partial charge in [0.1, 0.15) is 13.1 Å². The lowest BCUT2D eigenvalue weighted by atomic mass is 9.98. The number of quaternary nitrogens is 1. The quantitative estimate of drug-likeness (QED) is 0.543. The first-order valence-corrected chi connectivity index (χ1v) is 11.1. The number of hydrogen-bond acceptors (Lipinski definition) is 1. The highest BCUT2D eigenvalue weighted by atomic mass is 16.1. The van der Waals surface area contributed by atoms with Crippen LogP contribution >= 0.6 is 0 Å². The Hall–Kier alpha value is -1.93. The van der Waals surface area contributed by atoms with Gasteiger partial charge >= 0.3 is 0 Å². The van der Waals surface area contributed by atoms with Crippen LogP contribution in [0.1, 0.15) is 61.3 Å². The maximum absolute atomic E-state index is 13.2. The molecule has 0 spiro atoms. The van der Waals surface area contributed by atoms with E-state index in [1.807, 2.05) is 0 Å². The molecule has 1 fully saturated rings. The molecule has 0 aliphatic carbocycles. The van der Waals surface area contributed by atoms with Crippen LogP contribution in [-0.2, 0) is 24.2 Å². The summed E-state index contributed by atoms with van der Waals surface area (Å²) in [4.78, 5) is 13.2. The Balaban J connectivity index is 1.75. The number of Topliss-reactive ketones (excluding diaryl/α,β-unsaturated/α-hetero) is 1. The molecule has 0 atom stereocenters. The zero-order chi connectivity index (χ0) is 19.8. The van der Waals surface area contributed by atoms with Gasteiger partial charge in [-0.1, -0.05) is 61.9 Å². The average molecular weight is 379 g/mol. The summed E-state index contributed by atoms with van der Waals surface area (Å²) >= 11 is 0. The van der Waals surface area contributed by atoms with E-state index in [9.17, 15) is 4.79 Å². The number of carbonyl (C=O) groups excluding carboxylic acids is 1. The van der Waals surface area contributed by atoms with Crippen LogP contribution in [0.15, 0.2) is 48.5 Å². The van der Waals surface area contributed by atoms with E-state index in [4.69, 9.17) is 0 Å². The molecule has 0 radical (unpaired) electrons. The summed E-state index contributed by atoms with van der Waals surface area (Å²) in [7, 11) is 0. The van der Waals surface area contributed by atoms with Gasteiger partial charge in [0.05, 0.1) is 13.1 Å². The van der Waals surface area contributed by atoms with Crippen molar-refractivity contribution in [1.82, 2.24) is 0 Å². The molecule has 2 aromatic rings. The van der Waals surface area contributed by atoms with Crippen molar-refractivity contribution < 1.29 is 9.28 Å². The lowest BCUT2D eigenvalue weighted by Crippen LogP contribution is -2.51. The monoisotopic (exact) mass is 378 g/mol. The average Bonchev–Trinajstić information content (AvgIpc) is 2.91. The first kappa shape index (κ1) is 20.8. The third-order valence-electron chi connectivity index (χ3n) is 6.23. The van der Waals surface area contributed by atoms with E-state index in [1.54, 1.807) is 0 Å². The van der Waals surface area contributed by atoms with E-state index in [0.717, 1.165) is 37.0 Å². The smallest absolute Gasteiger partial charge is 0.191 e. The molecule has 0 saturated carbocycles. The fourth-order valence-corrected chi connectivity index (χ4v) is 4.70. The van der Waals surface area contributed by atoms with E-state index in [0.29, 0.717) is 18.7 Å². The van der Waals surface area contributed by atoms with E-state index < -0.39 is 0 Å². The molecule has 0 unspecified atom stereocenters. The maximum Gasteiger partial charge on any atom is 0.191 e. The van der Waals surface area contributed by atoms with Crippen LogP contribution in [0.25, 0.3) is 0 Å². The van der Waals surface area contributed by atoms with Gasteiger partial charge in [0.25, 0.3) is 0 Å². The van der Waals surface area contributed by atoms with Crippen LogP contribution < -0.4 is 0 Å². The molecule has 0 bridgehead atoms. The number of aryl methyl sites for hydroxylation is 2. The standard InChI is InChI=1S/C26H36NO/c1-3-11-23-15-14-22(2)25(18-23)19-26(28)21-27(16-9-4-5-10-17-27)20-24-12-7-6-8-13-24/h6-8,12-15,18H,3-5,9-11,16-17,19-21H2,1-2H3/q+1. The first-order chi connectivity index (χ1) is 13.6. The van der Waals surface area contributed by atoms with Crippen molar-refractivity contribution >= 4 is 5.78 Å². The minimum Gasteiger partial charge on any atom is -0.314 e. The molecule has 2 heteroatoms. The minimum absolute atomic E-state index is 0.398. The molecule has 2 nitrogen and oxygen atoms in total. The number of nitrogens with zero attached hydrogens (tertiary/aromatic N) is 1. The first-order valence-electron chi connectivity index (χ1n) is 11.1. The van der Waals surface area contributed by atoms with Crippen LogP contribution in [0.5, 0.6) is 0 Å². The summed E-state index contributed by atoms with van der Waals surface area (Å²) in [6.45, 7) is 8.28. The normalized spacial score (nSPS) is 16.5. The number of carbonyl (C=O) groups is 1. The van der Waals surface area contributed by atoms with Crippen molar-refractivity contribution in [3.05, 3.63) is 70.8 Å². The van der Waals surface area contributed by atoms with E-state index >= 15 is 0 Å². The van der Waals surface area contributed by atoms with Gasteiger partial charge in [-0.05, 0) is 55.7 Å². The van der Waals surface area contributed by atoms with Gasteiger partial charge in [0, 0.05) is 12.0 Å². The third-order valence-corrected chi connectivity index (χ3v) is 6.23. The van der Waals surface area contributed by atoms with Gasteiger partial charge < -0.3 is 4.48 Å². The van der Waals surface area contributed by atoms with Crippen LogP contribution in [0.2, 0.25) is 0 Å². The van der Waals surface area contributed by atoms with Crippen LogP contribution in [0, 0.1) is 6.92 Å². The topological polar surface area (TPSA) is 17.1 Å². The van der Waals surface area contributed by atoms with E-state index in [1.165, 1.54) is 47.9 Å². The van der Waals surface area contributed by atoms with Gasteiger partial charge in [-0.25, -0.2) is 0 Å². The molecule has 0 N–H and O–H groups in total. The number of rotatable bonds is 8. The summed E-state index contributed by atoms with van der Waals surface area (Å²) in [5.41, 5.74) is 5.19. The highest BCUT2D eigenvalue weighted by Gasteiger charge is 2.31. The molecule has 1 aliphatic rings. The fourth-order valence-electron chi connectivity index (χ4n) is 4.70. The summed E-state index contributed by atoms with van der Waals surface area (Å²) in [5, 5.41) is 0. The fraction of sp³-hybridized carbons (Fsp3) is 0.500. The Bertz CT molecular complexity index is 757. The van der Waals surface area contributed by atoms with Crippen molar-refractivity contribution in [1.29, 1.82) is 0 Å². The lowest BCUT2D eigenvalue weighted by Gasteiger charge is -2.37. The van der Waals surface area contributed by atoms with Crippen LogP contribution in [0.3, 0.4) is 0 Å². The number of likely N-dealkylation sites (tertiary alicyclic amines) is 1. The molecule has 28 heavy (non-hydrogen) atoms. The SMILES string of the molecule is CCCc1ccc(C)c(CC(=O)C[N+]2(Cc3ccccc3)CCCCCC2)c1. The van der Waals surface area contributed by atoms with Crippen molar-refractivity contribution in [3.63, 3.8) is 0 Å². The Morgan fingerprint density at radius 3 is 2.32 bits per heavy atom. The van der Waals surface area contributed by atoms with Gasteiger partial charge in [-0.3, -0.25) is 4.79 Å². The number of ketones is 1. The van der Waals surface area contributed by atoms with Crippen molar-refractivity contribution in [2.24, 2.45) is 0 Å². The molecule has 1 aliphatic heterocycles. The minimum atomic E-state index is 0.398. The van der Waals surface area contributed by atoms with Gasteiger partial charge in [-0.15, -0.1) is 0 Å². The molecule has 150 valence electrons. The Labute approximate surface area is 171 Å². The Morgan fingerprint density at radius 2 is 1.64 bits per heavy atom. The van der Waals surface area contributed by atoms with Crippen molar-refractivity contribution in [2.45, 2.75) is 65.3 Å². The van der Waals surface area contributed by atoms with Crippen LogP contribution in [0.4, 0.5) is 0 Å². The maximum atomic E-state index is 13.2. The number of hydrogen-bond donors (Lipinski definition) is 0. The second-order valence-electron chi connectivity index (χ2n) is 8.73. The van der Waals surface area contributed by atoms with Crippen molar-refractivity contribution in [2.75, 3.05) is 19.6 Å². The molecule has 1 saturated heterocycles. The van der Waals surface area contributed by atoms with Gasteiger partial charge in [0.15, 0.2) is 5.78 Å².